The first-order valence-corrected chi connectivity index (χ1v) is 5.11. The summed E-state index contributed by atoms with van der Waals surface area (Å²) in [6.07, 6.45) is 0. The molecule has 0 fully saturated rings. The van der Waals surface area contributed by atoms with Crippen molar-refractivity contribution in [3.05, 3.63) is 29.3 Å². The molecule has 0 aliphatic carbocycles. The molecule has 0 saturated carbocycles. The zero-order chi connectivity index (χ0) is 13.5. The molecule has 1 aliphatic heterocycles. The number of nitrogens with two attached hydrogens (primary N) is 1. The number of hydrogen-bond donors (Lipinski definition) is 4. The predicted molar refractivity (Wildman–Crippen MR) is 61.4 cm³/mol. The van der Waals surface area contributed by atoms with Crippen molar-refractivity contribution in [1.82, 2.24) is 5.32 Å². The number of aryl methyl sites for hydroxylation is 1. The van der Waals surface area contributed by atoms with Gasteiger partial charge in [0.2, 0.25) is 0 Å². The molecule has 1 aliphatic rings. The summed E-state index contributed by atoms with van der Waals surface area (Å²) in [7, 11) is 0. The van der Waals surface area contributed by atoms with Crippen LogP contribution in [0.5, 0.6) is 0 Å². The third-order valence-electron chi connectivity index (χ3n) is 2.71. The fraction of sp³-hybridized carbons (Fsp3) is 0.182. The van der Waals surface area contributed by atoms with Crippen LogP contribution in [-0.2, 0) is 15.2 Å². The van der Waals surface area contributed by atoms with Gasteiger partial charge in [-0.1, -0.05) is 17.7 Å². The van der Waals surface area contributed by atoms with Crippen LogP contribution in [-0.4, -0.2) is 23.0 Å². The van der Waals surface area contributed by atoms with Crippen LogP contribution in [0, 0.1) is 6.92 Å². The monoisotopic (exact) mass is 249 g/mol. The van der Waals surface area contributed by atoms with E-state index in [9.17, 15) is 19.5 Å². The Morgan fingerprint density at radius 1 is 1.44 bits per heavy atom. The largest absolute Gasteiger partial charge is 0.368 e. The third kappa shape index (κ3) is 1.61. The molecule has 0 bridgehead atoms. The molecule has 7 nitrogen and oxygen atoms in total. The second-order valence-corrected chi connectivity index (χ2v) is 4.03. The predicted octanol–water partition coefficient (Wildman–Crippen LogP) is -0.670. The highest BCUT2D eigenvalue weighted by atomic mass is 16.3. The van der Waals surface area contributed by atoms with E-state index in [1.54, 1.807) is 24.4 Å². The molecule has 1 heterocycles. The normalized spacial score (nSPS) is 21.1. The van der Waals surface area contributed by atoms with Gasteiger partial charge in [-0.15, -0.1) is 0 Å². The molecule has 0 radical (unpaired) electrons. The van der Waals surface area contributed by atoms with Gasteiger partial charge in [0.15, 0.2) is 0 Å². The minimum atomic E-state index is -2.43. The molecular formula is C11H11N3O4. The zero-order valence-electron chi connectivity index (χ0n) is 9.48. The Labute approximate surface area is 102 Å². The first-order valence-electron chi connectivity index (χ1n) is 5.11. The van der Waals surface area contributed by atoms with E-state index in [4.69, 9.17) is 5.73 Å². The lowest BCUT2D eigenvalue weighted by atomic mass is 9.93. The molecule has 5 N–H and O–H groups in total. The van der Waals surface area contributed by atoms with E-state index < -0.39 is 23.4 Å². The number of anilines is 1. The van der Waals surface area contributed by atoms with Crippen molar-refractivity contribution in [3.8, 4) is 0 Å². The van der Waals surface area contributed by atoms with Gasteiger partial charge in [0.05, 0.1) is 0 Å². The number of benzene rings is 1. The zero-order valence-corrected chi connectivity index (χ0v) is 9.48. The van der Waals surface area contributed by atoms with Crippen LogP contribution in [0.3, 0.4) is 0 Å². The minimum absolute atomic E-state index is 0.103. The highest BCUT2D eigenvalue weighted by Crippen LogP contribution is 2.36. The van der Waals surface area contributed by atoms with Gasteiger partial charge in [0.25, 0.3) is 17.4 Å². The maximum absolute atomic E-state index is 11.7. The molecular weight excluding hydrogens is 238 g/mol. The molecule has 18 heavy (non-hydrogen) atoms. The standard InChI is InChI=1S/C11H11N3O4/c1-5-2-3-7-6(4-5)11(18,8(15)13-7)9(16)14-10(12)17/h2-4,18H,1H3,(H,13,15)(H3,12,14,16,17)/t11-/m1/s1. The fourth-order valence-corrected chi connectivity index (χ4v) is 1.83. The molecule has 0 unspecified atom stereocenters. The number of carbonyl (C=O) groups is 3. The van der Waals surface area contributed by atoms with Crippen molar-refractivity contribution < 1.29 is 19.5 Å². The summed E-state index contributed by atoms with van der Waals surface area (Å²) in [4.78, 5) is 34.1. The summed E-state index contributed by atoms with van der Waals surface area (Å²) in [5.74, 6) is -2.08. The molecule has 0 saturated heterocycles. The number of imide groups is 1. The summed E-state index contributed by atoms with van der Waals surface area (Å²) >= 11 is 0. The Hall–Kier alpha value is -2.41. The second-order valence-electron chi connectivity index (χ2n) is 4.03. The van der Waals surface area contributed by atoms with Gasteiger partial charge >= 0.3 is 6.03 Å². The van der Waals surface area contributed by atoms with E-state index in [2.05, 4.69) is 5.32 Å². The molecule has 1 atom stereocenters. The number of nitrogens with one attached hydrogen (secondary N) is 2. The Bertz CT molecular complexity index is 569. The lowest BCUT2D eigenvalue weighted by Gasteiger charge is -2.18. The van der Waals surface area contributed by atoms with Gasteiger partial charge in [-0.25, -0.2) is 4.79 Å². The summed E-state index contributed by atoms with van der Waals surface area (Å²) in [6.45, 7) is 1.75. The maximum atomic E-state index is 11.7. The van der Waals surface area contributed by atoms with Gasteiger partial charge in [-0.3, -0.25) is 14.9 Å². The maximum Gasteiger partial charge on any atom is 0.318 e. The summed E-state index contributed by atoms with van der Waals surface area (Å²) in [5.41, 5.74) is 3.56. The number of rotatable bonds is 1. The molecule has 1 aromatic carbocycles. The second kappa shape index (κ2) is 3.81. The fourth-order valence-electron chi connectivity index (χ4n) is 1.83. The summed E-state index contributed by atoms with van der Waals surface area (Å²) in [5, 5.41) is 14.3. The number of aliphatic hydroxyl groups is 1. The molecule has 0 aromatic heterocycles. The molecule has 2 rings (SSSR count). The lowest BCUT2D eigenvalue weighted by molar-refractivity contribution is -0.149. The topological polar surface area (TPSA) is 122 Å². The van der Waals surface area contributed by atoms with Gasteiger partial charge in [-0.2, -0.15) is 0 Å². The quantitative estimate of drug-likeness (QED) is 0.493. The third-order valence-corrected chi connectivity index (χ3v) is 2.71. The van der Waals surface area contributed by atoms with Crippen molar-refractivity contribution >= 4 is 23.5 Å². The number of amides is 4. The van der Waals surface area contributed by atoms with Crippen molar-refractivity contribution in [3.63, 3.8) is 0 Å². The van der Waals surface area contributed by atoms with Crippen LogP contribution in [0.1, 0.15) is 11.1 Å². The van der Waals surface area contributed by atoms with E-state index >= 15 is 0 Å². The minimum Gasteiger partial charge on any atom is -0.368 e. The highest BCUT2D eigenvalue weighted by molar-refractivity contribution is 6.21. The molecule has 4 amide bonds. The van der Waals surface area contributed by atoms with Crippen LogP contribution < -0.4 is 16.4 Å². The van der Waals surface area contributed by atoms with Gasteiger partial charge in [-0.05, 0) is 13.0 Å². The number of carbonyl (C=O) groups excluding carboxylic acids is 3. The number of primary amides is 1. The summed E-state index contributed by atoms with van der Waals surface area (Å²) < 4.78 is 0. The van der Waals surface area contributed by atoms with E-state index in [0.717, 1.165) is 5.56 Å². The smallest absolute Gasteiger partial charge is 0.318 e. The van der Waals surface area contributed by atoms with Crippen molar-refractivity contribution in [1.29, 1.82) is 0 Å². The van der Waals surface area contributed by atoms with Crippen LogP contribution in [0.25, 0.3) is 0 Å². The Morgan fingerprint density at radius 3 is 2.72 bits per heavy atom. The Balaban J connectivity index is 2.51. The SMILES string of the molecule is Cc1ccc2c(c1)[C@](O)(C(=O)NC(N)=O)C(=O)N2. The van der Waals surface area contributed by atoms with Gasteiger partial charge in [0.1, 0.15) is 0 Å². The first-order chi connectivity index (χ1) is 8.35. The van der Waals surface area contributed by atoms with E-state index in [1.807, 2.05) is 0 Å². The Kier molecular flexibility index (Phi) is 2.55. The van der Waals surface area contributed by atoms with E-state index in [1.165, 1.54) is 6.07 Å². The van der Waals surface area contributed by atoms with E-state index in [-0.39, 0.29) is 5.56 Å². The van der Waals surface area contributed by atoms with Crippen LogP contribution in [0.2, 0.25) is 0 Å². The van der Waals surface area contributed by atoms with Crippen LogP contribution >= 0.6 is 0 Å². The van der Waals surface area contributed by atoms with Gasteiger partial charge < -0.3 is 16.2 Å². The molecule has 1 aromatic rings. The molecule has 94 valence electrons. The summed E-state index contributed by atoms with van der Waals surface area (Å²) in [6, 6.07) is 3.64. The lowest BCUT2D eigenvalue weighted by Crippen LogP contribution is -2.52. The highest BCUT2D eigenvalue weighted by Gasteiger charge is 2.52. The molecule has 0 spiro atoms. The Morgan fingerprint density at radius 2 is 2.11 bits per heavy atom. The van der Waals surface area contributed by atoms with Crippen molar-refractivity contribution in [2.24, 2.45) is 5.73 Å². The average Bonchev–Trinajstić information content (AvgIpc) is 2.52. The first kappa shape index (κ1) is 12.1. The number of hydrogen-bond acceptors (Lipinski definition) is 4. The van der Waals surface area contributed by atoms with Gasteiger partial charge in [0, 0.05) is 11.3 Å². The van der Waals surface area contributed by atoms with E-state index in [0.29, 0.717) is 5.69 Å². The number of fused-ring (bicyclic) bond motifs is 1. The molecule has 7 heteroatoms. The van der Waals surface area contributed by atoms with Crippen molar-refractivity contribution in [2.45, 2.75) is 12.5 Å². The van der Waals surface area contributed by atoms with Crippen LogP contribution in [0.4, 0.5) is 10.5 Å². The van der Waals surface area contributed by atoms with Crippen LogP contribution in [0.15, 0.2) is 18.2 Å². The number of urea groups is 1. The van der Waals surface area contributed by atoms with Crippen molar-refractivity contribution in [2.75, 3.05) is 5.32 Å². The average molecular weight is 249 g/mol.